The Morgan fingerprint density at radius 3 is 2.04 bits per heavy atom. The van der Waals surface area contributed by atoms with E-state index in [1.54, 1.807) is 12.1 Å². The number of hydrogen-bond donors (Lipinski definition) is 1. The number of benzene rings is 2. The first kappa shape index (κ1) is 20.9. The van der Waals surface area contributed by atoms with E-state index in [1.165, 1.54) is 39.0 Å². The summed E-state index contributed by atoms with van der Waals surface area (Å²) >= 11 is 2.39. The third kappa shape index (κ3) is 5.19. The summed E-state index contributed by atoms with van der Waals surface area (Å²) in [7, 11) is -2.28. The molecule has 0 fully saturated rings. The van der Waals surface area contributed by atoms with E-state index in [0.717, 1.165) is 5.56 Å². The predicted molar refractivity (Wildman–Crippen MR) is 107 cm³/mol. The van der Waals surface area contributed by atoms with Gasteiger partial charge in [0.05, 0.1) is 7.11 Å². The lowest BCUT2D eigenvalue weighted by Gasteiger charge is -2.09. The highest BCUT2D eigenvalue weighted by Gasteiger charge is 2.13. The summed E-state index contributed by atoms with van der Waals surface area (Å²) in [6, 6.07) is 6.98. The van der Waals surface area contributed by atoms with Crippen LogP contribution in [0.2, 0.25) is 0 Å². The van der Waals surface area contributed by atoms with E-state index in [0.29, 0.717) is 0 Å². The van der Waals surface area contributed by atoms with E-state index in [9.17, 15) is 8.42 Å². The largest absolute Gasteiger partial charge is 0.495 e. The molecule has 0 heterocycles. The summed E-state index contributed by atoms with van der Waals surface area (Å²) in [6.07, 6.45) is 0. The lowest BCUT2D eigenvalue weighted by Crippen LogP contribution is -2.13. The summed E-state index contributed by atoms with van der Waals surface area (Å²) in [5.74, 6) is 0.280. The van der Waals surface area contributed by atoms with Gasteiger partial charge in [-0.05, 0) is 103 Å². The van der Waals surface area contributed by atoms with Crippen molar-refractivity contribution in [2.24, 2.45) is 5.14 Å². The van der Waals surface area contributed by atoms with Crippen LogP contribution in [0, 0.1) is 38.2 Å². The highest BCUT2D eigenvalue weighted by Crippen LogP contribution is 2.23. The molecule has 0 bridgehead atoms. The minimum Gasteiger partial charge on any atom is -0.495 e. The summed E-state index contributed by atoms with van der Waals surface area (Å²) in [6.45, 7) is 10.6. The molecule has 0 aliphatic carbocycles. The maximum atomic E-state index is 11.0. The lowest BCUT2D eigenvalue weighted by atomic mass is 10.0. The highest BCUT2D eigenvalue weighted by atomic mass is 127. The SMILES string of the molecule is COc1cc(C)ccc1S(N)(=O)=O.Cc1cc(I)c(C)c(C)c1C. The van der Waals surface area contributed by atoms with Crippen molar-refractivity contribution < 1.29 is 13.2 Å². The molecule has 2 aromatic carbocycles. The van der Waals surface area contributed by atoms with Crippen LogP contribution in [0.15, 0.2) is 29.2 Å². The van der Waals surface area contributed by atoms with Crippen molar-refractivity contribution >= 4 is 32.6 Å². The van der Waals surface area contributed by atoms with Crippen molar-refractivity contribution in [3.63, 3.8) is 0 Å². The van der Waals surface area contributed by atoms with Crippen LogP contribution < -0.4 is 9.88 Å². The average Bonchev–Trinajstić information content (AvgIpc) is 2.50. The molecule has 0 atom stereocenters. The van der Waals surface area contributed by atoms with E-state index in [1.807, 2.05) is 6.92 Å². The van der Waals surface area contributed by atoms with Crippen LogP contribution >= 0.6 is 22.6 Å². The maximum absolute atomic E-state index is 11.0. The molecule has 4 nitrogen and oxygen atoms in total. The van der Waals surface area contributed by atoms with Crippen LogP contribution in [0.4, 0.5) is 0 Å². The maximum Gasteiger partial charge on any atom is 0.241 e. The molecule has 2 aromatic rings. The minimum absolute atomic E-state index is 0.0144. The molecule has 0 amide bonds. The van der Waals surface area contributed by atoms with Gasteiger partial charge in [0, 0.05) is 3.57 Å². The molecular weight excluding hydrogens is 437 g/mol. The Balaban J connectivity index is 0.000000243. The summed E-state index contributed by atoms with van der Waals surface area (Å²) in [5.41, 5.74) is 6.62. The first-order valence-corrected chi connectivity index (χ1v) is 10.0. The second kappa shape index (κ2) is 8.31. The van der Waals surface area contributed by atoms with Gasteiger partial charge in [-0.15, -0.1) is 0 Å². The Bertz CT molecular complexity index is 820. The van der Waals surface area contributed by atoms with Crippen LogP contribution in [-0.4, -0.2) is 15.5 Å². The van der Waals surface area contributed by atoms with Crippen LogP contribution in [0.5, 0.6) is 5.75 Å². The molecule has 0 aliphatic rings. The third-order valence-electron chi connectivity index (χ3n) is 4.04. The highest BCUT2D eigenvalue weighted by molar-refractivity contribution is 14.1. The van der Waals surface area contributed by atoms with Gasteiger partial charge in [-0.1, -0.05) is 6.07 Å². The number of halogens is 1. The Kier molecular flexibility index (Phi) is 7.25. The van der Waals surface area contributed by atoms with Crippen molar-refractivity contribution in [1.29, 1.82) is 0 Å². The zero-order valence-electron chi connectivity index (χ0n) is 14.9. The molecule has 0 aromatic heterocycles. The fourth-order valence-electron chi connectivity index (χ4n) is 2.17. The number of nitrogens with two attached hydrogens (primary N) is 1. The molecule has 2 rings (SSSR count). The Morgan fingerprint density at radius 1 is 0.958 bits per heavy atom. The zero-order valence-corrected chi connectivity index (χ0v) is 17.9. The predicted octanol–water partition coefficient (Wildman–Crippen LogP) is 4.18. The molecule has 6 heteroatoms. The Hall–Kier alpha value is -1.12. The van der Waals surface area contributed by atoms with E-state index in [-0.39, 0.29) is 10.6 Å². The van der Waals surface area contributed by atoms with Gasteiger partial charge in [0.1, 0.15) is 10.6 Å². The van der Waals surface area contributed by atoms with Gasteiger partial charge >= 0.3 is 0 Å². The van der Waals surface area contributed by atoms with Gasteiger partial charge in [-0.3, -0.25) is 0 Å². The standard InChI is InChI=1S/C10H13I.C8H11NO3S/c1-6-5-10(11)9(4)8(3)7(6)2;1-6-3-4-8(13(9,10)11)7(5-6)12-2/h5H,1-4H3;3-5H,1-2H3,(H2,9,10,11). The number of primary sulfonamides is 1. The van der Waals surface area contributed by atoms with Crippen molar-refractivity contribution in [3.8, 4) is 5.75 Å². The molecule has 132 valence electrons. The quantitative estimate of drug-likeness (QED) is 0.683. The molecule has 0 saturated carbocycles. The molecule has 24 heavy (non-hydrogen) atoms. The van der Waals surface area contributed by atoms with Gasteiger partial charge in [0.15, 0.2) is 0 Å². The Labute approximate surface area is 158 Å². The molecule has 0 radical (unpaired) electrons. The summed E-state index contributed by atoms with van der Waals surface area (Å²) in [5, 5.41) is 4.98. The van der Waals surface area contributed by atoms with Gasteiger partial charge in [0.25, 0.3) is 0 Å². The van der Waals surface area contributed by atoms with E-state index in [2.05, 4.69) is 56.4 Å². The van der Waals surface area contributed by atoms with Crippen LogP contribution in [0.1, 0.15) is 27.8 Å². The van der Waals surface area contributed by atoms with Crippen LogP contribution in [-0.2, 0) is 10.0 Å². The second-order valence-corrected chi connectivity index (χ2v) is 8.44. The first-order valence-electron chi connectivity index (χ1n) is 7.39. The van der Waals surface area contributed by atoms with Crippen molar-refractivity contribution in [1.82, 2.24) is 0 Å². The van der Waals surface area contributed by atoms with Crippen molar-refractivity contribution in [3.05, 3.63) is 55.7 Å². The number of ether oxygens (including phenoxy) is 1. The molecule has 0 aliphatic heterocycles. The summed E-state index contributed by atoms with van der Waals surface area (Å²) < 4.78 is 28.3. The van der Waals surface area contributed by atoms with E-state index >= 15 is 0 Å². The van der Waals surface area contributed by atoms with E-state index in [4.69, 9.17) is 9.88 Å². The molecular formula is C18H24INO3S. The monoisotopic (exact) mass is 461 g/mol. The third-order valence-corrected chi connectivity index (χ3v) is 6.11. The Morgan fingerprint density at radius 2 is 1.54 bits per heavy atom. The number of sulfonamides is 1. The summed E-state index contributed by atoms with van der Waals surface area (Å²) in [4.78, 5) is 0.0144. The van der Waals surface area contributed by atoms with Crippen LogP contribution in [0.25, 0.3) is 0 Å². The van der Waals surface area contributed by atoms with Crippen molar-refractivity contribution in [2.75, 3.05) is 7.11 Å². The minimum atomic E-state index is -3.69. The molecule has 2 N–H and O–H groups in total. The number of aryl methyl sites for hydroxylation is 2. The zero-order chi connectivity index (χ0) is 18.7. The fraction of sp³-hybridized carbons (Fsp3) is 0.333. The topological polar surface area (TPSA) is 69.4 Å². The smallest absolute Gasteiger partial charge is 0.241 e. The van der Waals surface area contributed by atoms with Crippen LogP contribution in [0.3, 0.4) is 0 Å². The number of rotatable bonds is 2. The van der Waals surface area contributed by atoms with Gasteiger partial charge < -0.3 is 4.74 Å². The fourth-order valence-corrected chi connectivity index (χ4v) is 3.72. The molecule has 0 unspecified atom stereocenters. The number of methoxy groups -OCH3 is 1. The second-order valence-electron chi connectivity index (χ2n) is 5.75. The molecule has 0 saturated heterocycles. The first-order chi connectivity index (χ1) is 11.0. The van der Waals surface area contributed by atoms with Gasteiger partial charge in [0.2, 0.25) is 10.0 Å². The van der Waals surface area contributed by atoms with Gasteiger partial charge in [-0.2, -0.15) is 0 Å². The van der Waals surface area contributed by atoms with E-state index < -0.39 is 10.0 Å². The van der Waals surface area contributed by atoms with Gasteiger partial charge in [-0.25, -0.2) is 13.6 Å². The van der Waals surface area contributed by atoms with Crippen molar-refractivity contribution in [2.45, 2.75) is 39.5 Å². The normalized spacial score (nSPS) is 10.8. The molecule has 0 spiro atoms. The lowest BCUT2D eigenvalue weighted by molar-refractivity contribution is 0.402. The average molecular weight is 461 g/mol. The number of hydrogen-bond acceptors (Lipinski definition) is 3.